The third-order valence-electron chi connectivity index (χ3n) is 7.52. The molecular weight excluding hydrogens is 607 g/mol. The van der Waals surface area contributed by atoms with E-state index in [9.17, 15) is 14.0 Å². The van der Waals surface area contributed by atoms with Gasteiger partial charge in [0.1, 0.15) is 18.2 Å². The fourth-order valence-corrected chi connectivity index (χ4v) is 6.36. The number of methoxy groups -OCH3 is 1. The second-order valence-electron chi connectivity index (χ2n) is 10.4. The summed E-state index contributed by atoms with van der Waals surface area (Å²) < 4.78 is 38.3. The lowest BCUT2D eigenvalue weighted by molar-refractivity contribution is -0.136. The molecule has 0 fully saturated rings. The second kappa shape index (κ2) is 13.4. The van der Waals surface area contributed by atoms with Crippen molar-refractivity contribution in [3.05, 3.63) is 133 Å². The molecule has 46 heavy (non-hydrogen) atoms. The molecule has 0 unspecified atom stereocenters. The van der Waals surface area contributed by atoms with Crippen molar-refractivity contribution >= 4 is 34.2 Å². The normalized spacial score (nSPS) is 14.3. The molecule has 6 rings (SSSR count). The van der Waals surface area contributed by atoms with Crippen molar-refractivity contribution in [3.63, 3.8) is 0 Å². The van der Waals surface area contributed by atoms with E-state index >= 15 is 0 Å². The molecule has 0 radical (unpaired) electrons. The minimum absolute atomic E-state index is 0.210. The van der Waals surface area contributed by atoms with Crippen LogP contribution in [-0.4, -0.2) is 30.9 Å². The van der Waals surface area contributed by atoms with Gasteiger partial charge in [0.25, 0.3) is 5.56 Å². The van der Waals surface area contributed by atoms with Crippen molar-refractivity contribution in [3.8, 4) is 17.2 Å². The van der Waals surface area contributed by atoms with Gasteiger partial charge in [-0.2, -0.15) is 0 Å². The first kappa shape index (κ1) is 30.8. The van der Waals surface area contributed by atoms with Crippen molar-refractivity contribution in [2.75, 3.05) is 20.3 Å². The molecule has 10 heteroatoms. The van der Waals surface area contributed by atoms with Crippen LogP contribution in [0.3, 0.4) is 0 Å². The molecule has 234 valence electrons. The number of aromatic nitrogens is 1. The molecule has 1 aliphatic heterocycles. The second-order valence-corrected chi connectivity index (χ2v) is 11.4. The molecule has 1 aromatic heterocycles. The fraction of sp³-hybridized carbons (Fsp3) is 0.194. The van der Waals surface area contributed by atoms with Crippen LogP contribution >= 0.6 is 11.3 Å². The highest BCUT2D eigenvalue weighted by Gasteiger charge is 2.31. The SMILES string of the molecule is CCOc1ccc([C@H]2C(C(=O)OC)=CN=c3s/c(=C/c4c(OCc5ccc(F)cc5)ccc5ccccc45)c(=O)n32)cc1OCC. The lowest BCUT2D eigenvalue weighted by atomic mass is 9.97. The number of benzene rings is 4. The van der Waals surface area contributed by atoms with Crippen molar-refractivity contribution in [2.24, 2.45) is 4.99 Å². The molecule has 0 aliphatic carbocycles. The number of nitrogens with zero attached hydrogens (tertiary/aromatic N) is 2. The molecule has 0 saturated carbocycles. The Morgan fingerprint density at radius 1 is 0.935 bits per heavy atom. The van der Waals surface area contributed by atoms with Crippen molar-refractivity contribution in [1.82, 2.24) is 4.57 Å². The average Bonchev–Trinajstić information content (AvgIpc) is 3.39. The van der Waals surface area contributed by atoms with Gasteiger partial charge in [-0.05, 0) is 72.2 Å². The van der Waals surface area contributed by atoms with E-state index in [1.807, 2.05) is 56.3 Å². The molecule has 5 aromatic rings. The van der Waals surface area contributed by atoms with Crippen LogP contribution in [0.1, 0.15) is 36.6 Å². The Morgan fingerprint density at radius 2 is 1.67 bits per heavy atom. The maximum Gasteiger partial charge on any atom is 0.337 e. The number of halogens is 1. The van der Waals surface area contributed by atoms with Gasteiger partial charge < -0.3 is 18.9 Å². The minimum atomic E-state index is -0.817. The molecule has 0 spiro atoms. The van der Waals surface area contributed by atoms with Gasteiger partial charge in [-0.1, -0.05) is 59.9 Å². The average molecular weight is 639 g/mol. The lowest BCUT2D eigenvalue weighted by Crippen LogP contribution is -2.39. The predicted octanol–water partition coefficient (Wildman–Crippen LogP) is 5.69. The van der Waals surface area contributed by atoms with Crippen LogP contribution in [0.5, 0.6) is 17.2 Å². The largest absolute Gasteiger partial charge is 0.490 e. The van der Waals surface area contributed by atoms with E-state index in [1.54, 1.807) is 30.3 Å². The Balaban J connectivity index is 1.50. The molecular formula is C36H31FN2O6S. The lowest BCUT2D eigenvalue weighted by Gasteiger charge is -2.23. The zero-order valence-electron chi connectivity index (χ0n) is 25.5. The molecule has 1 aliphatic rings. The number of esters is 1. The van der Waals surface area contributed by atoms with Crippen LogP contribution in [0.25, 0.3) is 16.8 Å². The summed E-state index contributed by atoms with van der Waals surface area (Å²) in [6.07, 6.45) is 3.26. The van der Waals surface area contributed by atoms with E-state index in [0.717, 1.165) is 16.3 Å². The van der Waals surface area contributed by atoms with Gasteiger partial charge in [0.2, 0.25) is 0 Å². The Bertz CT molecular complexity index is 2140. The number of carbonyl (C=O) groups excluding carboxylic acids is 1. The van der Waals surface area contributed by atoms with E-state index in [0.29, 0.717) is 50.9 Å². The number of rotatable bonds is 10. The third-order valence-corrected chi connectivity index (χ3v) is 8.52. The van der Waals surface area contributed by atoms with Crippen molar-refractivity contribution in [2.45, 2.75) is 26.5 Å². The molecule has 8 nitrogen and oxygen atoms in total. The van der Waals surface area contributed by atoms with Gasteiger partial charge in [-0.15, -0.1) is 0 Å². The smallest absolute Gasteiger partial charge is 0.337 e. The Labute approximate surface area is 268 Å². The van der Waals surface area contributed by atoms with Crippen LogP contribution < -0.4 is 29.1 Å². The van der Waals surface area contributed by atoms with E-state index in [2.05, 4.69) is 4.99 Å². The first-order chi connectivity index (χ1) is 22.4. The number of fused-ring (bicyclic) bond motifs is 2. The zero-order chi connectivity index (χ0) is 32.2. The summed E-state index contributed by atoms with van der Waals surface area (Å²) in [4.78, 5) is 32.2. The maximum atomic E-state index is 14.3. The number of carbonyl (C=O) groups is 1. The van der Waals surface area contributed by atoms with Crippen LogP contribution in [0, 0.1) is 5.82 Å². The van der Waals surface area contributed by atoms with Crippen LogP contribution in [0.15, 0.2) is 100 Å². The molecule has 0 N–H and O–H groups in total. The molecule has 4 aromatic carbocycles. The van der Waals surface area contributed by atoms with Gasteiger partial charge >= 0.3 is 5.97 Å². The van der Waals surface area contributed by atoms with E-state index < -0.39 is 12.0 Å². The standard InChI is InChI=1S/C36H31FN2O6S/c1-4-43-30-17-13-24(18-31(30)44-5-2)33-28(35(41)42-3)20-38-36-39(33)34(40)32(46-36)19-27-26-9-7-6-8-23(26)12-16-29(27)45-21-22-10-14-25(37)15-11-22/h6-20,33H,4-5,21H2,1-3H3/b32-19+/t33-/m0/s1. The van der Waals surface area contributed by atoms with Crippen molar-refractivity contribution < 1.29 is 28.1 Å². The van der Waals surface area contributed by atoms with Gasteiger partial charge in [-0.3, -0.25) is 9.36 Å². The Hall–Kier alpha value is -5.22. The monoisotopic (exact) mass is 638 g/mol. The highest BCUT2D eigenvalue weighted by atomic mass is 32.1. The minimum Gasteiger partial charge on any atom is -0.490 e. The van der Waals surface area contributed by atoms with Crippen molar-refractivity contribution in [1.29, 1.82) is 0 Å². The molecule has 0 saturated heterocycles. The molecule has 1 atom stereocenters. The number of ether oxygens (including phenoxy) is 4. The quantitative estimate of drug-likeness (QED) is 0.183. The summed E-state index contributed by atoms with van der Waals surface area (Å²) in [7, 11) is 1.29. The van der Waals surface area contributed by atoms with E-state index in [-0.39, 0.29) is 23.6 Å². The highest BCUT2D eigenvalue weighted by molar-refractivity contribution is 7.07. The molecule has 0 amide bonds. The highest BCUT2D eigenvalue weighted by Crippen LogP contribution is 2.35. The van der Waals surface area contributed by atoms with Crippen LogP contribution in [0.4, 0.5) is 4.39 Å². The summed E-state index contributed by atoms with van der Waals surface area (Å²) in [5, 5.41) is 1.86. The summed E-state index contributed by atoms with van der Waals surface area (Å²) in [5.41, 5.74) is 2.04. The third kappa shape index (κ3) is 6.03. The number of thiazole rings is 1. The van der Waals surface area contributed by atoms with Gasteiger partial charge in [0.05, 0.1) is 36.5 Å². The first-order valence-electron chi connectivity index (χ1n) is 14.8. The summed E-state index contributed by atoms with van der Waals surface area (Å²) in [5.74, 6) is 0.713. The maximum absolute atomic E-state index is 14.3. The van der Waals surface area contributed by atoms with Gasteiger partial charge in [0.15, 0.2) is 16.3 Å². The van der Waals surface area contributed by atoms with Crippen LogP contribution in [-0.2, 0) is 16.1 Å². The summed E-state index contributed by atoms with van der Waals surface area (Å²) in [6.45, 7) is 4.82. The number of hydrogen-bond donors (Lipinski definition) is 0. The van der Waals surface area contributed by atoms with Crippen LogP contribution in [0.2, 0.25) is 0 Å². The van der Waals surface area contributed by atoms with E-state index in [4.69, 9.17) is 18.9 Å². The molecule has 2 heterocycles. The van der Waals surface area contributed by atoms with E-state index in [1.165, 1.54) is 41.3 Å². The first-order valence-corrected chi connectivity index (χ1v) is 15.6. The fourth-order valence-electron chi connectivity index (χ4n) is 5.41. The molecule has 0 bridgehead atoms. The van der Waals surface area contributed by atoms with Gasteiger partial charge in [0, 0.05) is 11.8 Å². The number of hydrogen-bond acceptors (Lipinski definition) is 8. The summed E-state index contributed by atoms with van der Waals surface area (Å²) in [6, 6.07) is 22.3. The predicted molar refractivity (Wildman–Crippen MR) is 175 cm³/mol. The topological polar surface area (TPSA) is 88.4 Å². The zero-order valence-corrected chi connectivity index (χ0v) is 26.3. The Kier molecular flexibility index (Phi) is 8.98. The van der Waals surface area contributed by atoms with Gasteiger partial charge in [-0.25, -0.2) is 14.2 Å². The Morgan fingerprint density at radius 3 is 2.43 bits per heavy atom. The summed E-state index contributed by atoms with van der Waals surface area (Å²) >= 11 is 1.21.